The summed E-state index contributed by atoms with van der Waals surface area (Å²) in [5.74, 6) is -0.247. The molecule has 10 nitrogen and oxygen atoms in total. The first-order chi connectivity index (χ1) is 21.0. The first-order valence-electron chi connectivity index (χ1n) is 15.7. The summed E-state index contributed by atoms with van der Waals surface area (Å²) >= 11 is 0. The normalized spacial score (nSPS) is 20.6. The predicted octanol–water partition coefficient (Wildman–Crippen LogP) is 4.71. The van der Waals surface area contributed by atoms with E-state index in [1.165, 1.54) is 0 Å². The van der Waals surface area contributed by atoms with E-state index in [-0.39, 0.29) is 61.6 Å². The van der Waals surface area contributed by atoms with Crippen molar-refractivity contribution in [2.45, 2.75) is 84.6 Å². The number of fused-ring (bicyclic) bond motifs is 1. The van der Waals surface area contributed by atoms with Gasteiger partial charge in [-0.2, -0.15) is 0 Å². The van der Waals surface area contributed by atoms with E-state index in [1.54, 1.807) is 42.0 Å². The molecule has 2 aromatic rings. The zero-order valence-corrected chi connectivity index (χ0v) is 27.0. The Bertz CT molecular complexity index is 1220. The highest BCUT2D eigenvalue weighted by atomic mass is 16.5. The van der Waals surface area contributed by atoms with Gasteiger partial charge in [0.2, 0.25) is 5.91 Å². The number of likely N-dealkylation sites (N-methyl/N-ethyl adjacent to an activating group) is 1. The summed E-state index contributed by atoms with van der Waals surface area (Å²) in [5.41, 5.74) is 1.68. The molecule has 0 saturated carbocycles. The quantitative estimate of drug-likeness (QED) is 0.398. The lowest BCUT2D eigenvalue weighted by molar-refractivity contribution is -0.115. The van der Waals surface area contributed by atoms with Crippen LogP contribution in [0.4, 0.5) is 10.5 Å². The number of nitrogens with zero attached hydrogens (tertiary/aromatic N) is 2. The zero-order valence-electron chi connectivity index (χ0n) is 27.0. The molecular formula is C34H50N4O6. The number of anilines is 1. The maximum absolute atomic E-state index is 14.3. The minimum atomic E-state index is -0.498. The molecule has 4 amide bonds. The van der Waals surface area contributed by atoms with Crippen LogP contribution in [0.3, 0.4) is 0 Å². The number of rotatable bonds is 8. The highest BCUT2D eigenvalue weighted by Crippen LogP contribution is 2.28. The molecule has 0 radical (unpaired) electrons. The van der Waals surface area contributed by atoms with Crippen molar-refractivity contribution in [1.82, 2.24) is 15.1 Å². The maximum atomic E-state index is 14.3. The van der Waals surface area contributed by atoms with Gasteiger partial charge in [-0.25, -0.2) is 4.79 Å². The number of amides is 4. The first kappa shape index (κ1) is 34.9. The van der Waals surface area contributed by atoms with E-state index in [2.05, 4.69) is 10.6 Å². The molecule has 1 aliphatic heterocycles. The van der Waals surface area contributed by atoms with Crippen LogP contribution < -0.4 is 15.4 Å². The number of hydrogen-bond acceptors (Lipinski definition) is 6. The zero-order chi connectivity index (χ0) is 32.2. The Balaban J connectivity index is 1.91. The van der Waals surface area contributed by atoms with E-state index >= 15 is 0 Å². The van der Waals surface area contributed by atoms with Crippen LogP contribution in [-0.2, 0) is 16.0 Å². The molecule has 0 unspecified atom stereocenters. The van der Waals surface area contributed by atoms with Gasteiger partial charge < -0.3 is 35.0 Å². The number of carbonyl (C=O) groups is 3. The van der Waals surface area contributed by atoms with Crippen molar-refractivity contribution >= 4 is 23.5 Å². The molecule has 0 aliphatic carbocycles. The highest BCUT2D eigenvalue weighted by molar-refractivity contribution is 6.00. The second-order valence-electron chi connectivity index (χ2n) is 12.2. The molecule has 0 bridgehead atoms. The van der Waals surface area contributed by atoms with Crippen LogP contribution in [0.5, 0.6) is 5.75 Å². The fourth-order valence-corrected chi connectivity index (χ4v) is 5.16. The Hall–Kier alpha value is -3.63. The van der Waals surface area contributed by atoms with Crippen molar-refractivity contribution in [3.8, 4) is 5.75 Å². The minimum absolute atomic E-state index is 0.00286. The molecule has 2 aromatic carbocycles. The van der Waals surface area contributed by atoms with Gasteiger partial charge in [-0.1, -0.05) is 37.3 Å². The number of benzene rings is 2. The summed E-state index contributed by atoms with van der Waals surface area (Å²) in [7, 11) is 1.74. The molecule has 1 heterocycles. The summed E-state index contributed by atoms with van der Waals surface area (Å²) in [4.78, 5) is 43.0. The number of aliphatic hydroxyl groups excluding tert-OH is 1. The second-order valence-corrected chi connectivity index (χ2v) is 12.2. The topological polar surface area (TPSA) is 120 Å². The number of nitrogens with one attached hydrogen (secondary N) is 2. The third-order valence-corrected chi connectivity index (χ3v) is 7.76. The summed E-state index contributed by atoms with van der Waals surface area (Å²) in [5, 5.41) is 16.0. The molecule has 242 valence electrons. The van der Waals surface area contributed by atoms with Crippen molar-refractivity contribution in [2.75, 3.05) is 38.7 Å². The largest absolute Gasteiger partial charge is 0.490 e. The van der Waals surface area contributed by atoms with E-state index in [0.29, 0.717) is 30.2 Å². The summed E-state index contributed by atoms with van der Waals surface area (Å²) < 4.78 is 12.6. The van der Waals surface area contributed by atoms with E-state index < -0.39 is 6.04 Å². The van der Waals surface area contributed by atoms with Crippen molar-refractivity contribution in [1.29, 1.82) is 0 Å². The lowest BCUT2D eigenvalue weighted by Crippen LogP contribution is -2.49. The Kier molecular flexibility index (Phi) is 13.5. The van der Waals surface area contributed by atoms with E-state index in [4.69, 9.17) is 9.47 Å². The molecule has 1 aliphatic rings. The Labute approximate surface area is 262 Å². The van der Waals surface area contributed by atoms with E-state index in [0.717, 1.165) is 24.8 Å². The van der Waals surface area contributed by atoms with Gasteiger partial charge in [-0.3, -0.25) is 9.59 Å². The maximum Gasteiger partial charge on any atom is 0.317 e. The third kappa shape index (κ3) is 10.5. The van der Waals surface area contributed by atoms with Crippen LogP contribution in [0, 0.1) is 5.92 Å². The van der Waals surface area contributed by atoms with E-state index in [1.807, 2.05) is 58.0 Å². The van der Waals surface area contributed by atoms with Gasteiger partial charge in [0.1, 0.15) is 5.75 Å². The van der Waals surface area contributed by atoms with Crippen LogP contribution in [-0.4, -0.2) is 90.4 Å². The van der Waals surface area contributed by atoms with Crippen LogP contribution in [0.2, 0.25) is 0 Å². The average molecular weight is 611 g/mol. The Morgan fingerprint density at radius 2 is 1.82 bits per heavy atom. The standard InChI is InChI=1S/C34H50N4O6/c1-23(2)35-34(42)37(6)21-31-24(3)20-38(25(4)22-39)33(41)29-19-28(36-32(40)18-27-13-8-7-9-14-27)15-16-30(29)44-26(5)12-10-11-17-43-31/h7-9,13-16,19,23-26,31,39H,10-12,17-18,20-22H2,1-6H3,(H,35,42)(H,36,40)/t24-,25-,26+,31-/m1/s1. The molecule has 0 aromatic heterocycles. The molecule has 0 fully saturated rings. The van der Waals surface area contributed by atoms with Crippen LogP contribution >= 0.6 is 0 Å². The number of aliphatic hydroxyl groups is 1. The first-order valence-corrected chi connectivity index (χ1v) is 15.7. The van der Waals surface area contributed by atoms with Crippen LogP contribution in [0.15, 0.2) is 48.5 Å². The van der Waals surface area contributed by atoms with Gasteiger partial charge in [0.25, 0.3) is 5.91 Å². The van der Waals surface area contributed by atoms with E-state index in [9.17, 15) is 19.5 Å². The molecule has 3 N–H and O–H groups in total. The van der Waals surface area contributed by atoms with Crippen molar-refractivity contribution < 1.29 is 29.0 Å². The summed E-state index contributed by atoms with van der Waals surface area (Å²) in [6, 6.07) is 13.9. The van der Waals surface area contributed by atoms with Gasteiger partial charge >= 0.3 is 6.03 Å². The molecule has 4 atom stereocenters. The third-order valence-electron chi connectivity index (χ3n) is 7.76. The molecule has 3 rings (SSSR count). The number of urea groups is 1. The summed E-state index contributed by atoms with van der Waals surface area (Å²) in [6.45, 7) is 10.5. The highest BCUT2D eigenvalue weighted by Gasteiger charge is 2.31. The second kappa shape index (κ2) is 17.0. The predicted molar refractivity (Wildman–Crippen MR) is 172 cm³/mol. The SMILES string of the molecule is CC(C)NC(=O)N(C)C[C@H]1OCCCC[C@H](C)Oc2ccc(NC(=O)Cc3ccccc3)cc2C(=O)N([C@H](C)CO)C[C@H]1C. The summed E-state index contributed by atoms with van der Waals surface area (Å²) in [6.07, 6.45) is 2.17. The Morgan fingerprint density at radius 1 is 1.09 bits per heavy atom. The lowest BCUT2D eigenvalue weighted by Gasteiger charge is -2.36. The smallest absolute Gasteiger partial charge is 0.317 e. The van der Waals surface area contributed by atoms with Crippen molar-refractivity contribution in [3.63, 3.8) is 0 Å². The lowest BCUT2D eigenvalue weighted by atomic mass is 10.0. The minimum Gasteiger partial charge on any atom is -0.490 e. The molecular weight excluding hydrogens is 560 g/mol. The monoisotopic (exact) mass is 610 g/mol. The average Bonchev–Trinajstić information content (AvgIpc) is 2.98. The van der Waals surface area contributed by atoms with Crippen LogP contribution in [0.1, 0.15) is 69.8 Å². The number of hydrogen-bond donors (Lipinski definition) is 3. The van der Waals surface area contributed by atoms with Crippen molar-refractivity contribution in [3.05, 3.63) is 59.7 Å². The molecule has 0 saturated heterocycles. The number of carbonyl (C=O) groups excluding carboxylic acids is 3. The molecule has 0 spiro atoms. The van der Waals surface area contributed by atoms with Gasteiger partial charge in [0, 0.05) is 44.4 Å². The fourth-order valence-electron chi connectivity index (χ4n) is 5.16. The van der Waals surface area contributed by atoms with Gasteiger partial charge in [-0.05, 0) is 70.7 Å². The number of ether oxygens (including phenoxy) is 2. The molecule has 44 heavy (non-hydrogen) atoms. The van der Waals surface area contributed by atoms with Crippen LogP contribution in [0.25, 0.3) is 0 Å². The van der Waals surface area contributed by atoms with Gasteiger partial charge in [-0.15, -0.1) is 0 Å². The van der Waals surface area contributed by atoms with Gasteiger partial charge in [0.15, 0.2) is 0 Å². The van der Waals surface area contributed by atoms with Gasteiger partial charge in [0.05, 0.1) is 36.8 Å². The van der Waals surface area contributed by atoms with Crippen molar-refractivity contribution in [2.24, 2.45) is 5.92 Å². The molecule has 10 heteroatoms. The fraction of sp³-hybridized carbons (Fsp3) is 0.559. The Morgan fingerprint density at radius 3 is 2.50 bits per heavy atom.